The first kappa shape index (κ1) is 33.2. The monoisotopic (exact) mass is 668 g/mol. The molecule has 5 heterocycles. The number of hydrogen-bond acceptors (Lipinski definition) is 9. The fourth-order valence-corrected chi connectivity index (χ4v) is 6.42. The Morgan fingerprint density at radius 1 is 0.837 bits per heavy atom. The van der Waals surface area contributed by atoms with Crippen LogP contribution in [0, 0.1) is 0 Å². The summed E-state index contributed by atoms with van der Waals surface area (Å²) in [6, 6.07) is 12.5. The maximum Gasteiger partial charge on any atom is 0.350 e. The van der Waals surface area contributed by atoms with E-state index in [2.05, 4.69) is 33.8 Å². The maximum absolute atomic E-state index is 11.6. The number of rotatable bonds is 12. The first-order chi connectivity index (χ1) is 23.4. The molecular formula is C40H44O9. The Hall–Kier alpha value is -4.31. The molecule has 1 unspecified atom stereocenters. The molecule has 0 saturated carbocycles. The molecule has 1 spiro atoms. The van der Waals surface area contributed by atoms with Crippen molar-refractivity contribution < 1.29 is 37.3 Å². The van der Waals surface area contributed by atoms with Crippen molar-refractivity contribution in [2.75, 3.05) is 13.2 Å². The topological polar surface area (TPSA) is 102 Å². The van der Waals surface area contributed by atoms with E-state index in [1.165, 1.54) is 17.2 Å². The van der Waals surface area contributed by atoms with Crippen LogP contribution in [0.25, 0.3) is 28.0 Å². The van der Waals surface area contributed by atoms with Gasteiger partial charge in [0.15, 0.2) is 5.75 Å². The van der Waals surface area contributed by atoms with Gasteiger partial charge in [-0.05, 0) is 110 Å². The Kier molecular flexibility index (Phi) is 8.71. The summed E-state index contributed by atoms with van der Waals surface area (Å²) in [6.07, 6.45) is 13.3. The zero-order chi connectivity index (χ0) is 34.4. The number of fused-ring (bicyclic) bond motifs is 3. The lowest BCUT2D eigenvalue weighted by Crippen LogP contribution is -2.38. The zero-order valence-corrected chi connectivity index (χ0v) is 29.0. The van der Waals surface area contributed by atoms with Crippen molar-refractivity contribution >= 4 is 28.0 Å². The molecule has 49 heavy (non-hydrogen) atoms. The number of allylic oxidation sites excluding steroid dienone is 2. The minimum absolute atomic E-state index is 0.0234. The molecule has 7 rings (SSSR count). The largest absolute Gasteiger partial charge is 0.489 e. The molecule has 9 nitrogen and oxygen atoms in total. The summed E-state index contributed by atoms with van der Waals surface area (Å²) < 4.78 is 48.1. The van der Waals surface area contributed by atoms with Gasteiger partial charge in [-0.2, -0.15) is 0 Å². The summed E-state index contributed by atoms with van der Waals surface area (Å²) >= 11 is 0. The van der Waals surface area contributed by atoms with Crippen LogP contribution in [0.5, 0.6) is 17.2 Å². The molecule has 0 N–H and O–H groups in total. The number of ether oxygens (including phenoxy) is 6. The predicted octanol–water partition coefficient (Wildman–Crippen LogP) is 8.88. The third kappa shape index (κ3) is 7.34. The molecule has 3 aliphatic heterocycles. The number of epoxide rings is 1. The van der Waals surface area contributed by atoms with E-state index in [4.69, 9.17) is 37.3 Å². The highest BCUT2D eigenvalue weighted by atomic mass is 16.9. The smallest absolute Gasteiger partial charge is 0.350 e. The Morgan fingerprint density at radius 3 is 2.27 bits per heavy atom. The van der Waals surface area contributed by atoms with Gasteiger partial charge in [0.2, 0.25) is 0 Å². The van der Waals surface area contributed by atoms with Gasteiger partial charge in [-0.1, -0.05) is 11.1 Å². The van der Waals surface area contributed by atoms with Crippen LogP contribution in [0.2, 0.25) is 0 Å². The van der Waals surface area contributed by atoms with Crippen LogP contribution < -0.4 is 19.8 Å². The summed E-state index contributed by atoms with van der Waals surface area (Å²) in [5.41, 5.74) is 3.56. The van der Waals surface area contributed by atoms with Crippen molar-refractivity contribution in [3.05, 3.63) is 94.1 Å². The molecular weight excluding hydrogens is 624 g/mol. The van der Waals surface area contributed by atoms with Crippen LogP contribution in [-0.4, -0.2) is 42.6 Å². The molecule has 0 radical (unpaired) electrons. The fraction of sp³-hybridized carbons (Fsp3) is 0.425. The van der Waals surface area contributed by atoms with E-state index in [0.29, 0.717) is 47.7 Å². The van der Waals surface area contributed by atoms with Crippen molar-refractivity contribution in [3.8, 4) is 17.2 Å². The van der Waals surface area contributed by atoms with E-state index in [1.54, 1.807) is 18.4 Å². The number of benzene rings is 2. The van der Waals surface area contributed by atoms with Crippen molar-refractivity contribution in [1.82, 2.24) is 0 Å². The molecule has 258 valence electrons. The van der Waals surface area contributed by atoms with Gasteiger partial charge >= 0.3 is 11.6 Å². The van der Waals surface area contributed by atoms with Gasteiger partial charge in [0.25, 0.3) is 0 Å². The maximum atomic E-state index is 11.6. The van der Waals surface area contributed by atoms with E-state index >= 15 is 0 Å². The fourth-order valence-electron chi connectivity index (χ4n) is 6.42. The van der Waals surface area contributed by atoms with Gasteiger partial charge in [-0.15, -0.1) is 0 Å². The van der Waals surface area contributed by atoms with E-state index < -0.39 is 11.6 Å². The summed E-state index contributed by atoms with van der Waals surface area (Å²) in [6.45, 7) is 13.4. The van der Waals surface area contributed by atoms with Crippen molar-refractivity contribution in [3.63, 3.8) is 0 Å². The highest BCUT2D eigenvalue weighted by Crippen LogP contribution is 2.46. The molecule has 3 atom stereocenters. The first-order valence-corrected chi connectivity index (χ1v) is 17.0. The van der Waals surface area contributed by atoms with Gasteiger partial charge < -0.3 is 37.3 Å². The molecule has 2 aromatic heterocycles. The third-order valence-electron chi connectivity index (χ3n) is 9.59. The van der Waals surface area contributed by atoms with E-state index in [0.717, 1.165) is 42.0 Å². The molecule has 2 saturated heterocycles. The van der Waals surface area contributed by atoms with Crippen molar-refractivity contribution in [2.45, 2.75) is 96.6 Å². The Labute approximate surface area is 286 Å². The van der Waals surface area contributed by atoms with Crippen molar-refractivity contribution in [1.29, 1.82) is 0 Å². The first-order valence-electron chi connectivity index (χ1n) is 17.0. The second-order valence-corrected chi connectivity index (χ2v) is 14.3. The predicted molar refractivity (Wildman–Crippen MR) is 187 cm³/mol. The van der Waals surface area contributed by atoms with Crippen LogP contribution in [0.4, 0.5) is 0 Å². The van der Waals surface area contributed by atoms with E-state index in [-0.39, 0.29) is 17.3 Å². The van der Waals surface area contributed by atoms with Crippen LogP contribution in [0.3, 0.4) is 0 Å². The van der Waals surface area contributed by atoms with Gasteiger partial charge in [-0.25, -0.2) is 4.79 Å². The molecule has 0 bridgehead atoms. The summed E-state index contributed by atoms with van der Waals surface area (Å²) in [7, 11) is 0. The second kappa shape index (κ2) is 12.9. The van der Waals surface area contributed by atoms with Crippen LogP contribution >= 0.6 is 0 Å². The molecule has 3 aliphatic rings. The Balaban J connectivity index is 0.933. The average Bonchev–Trinajstić information content (AvgIpc) is 3.35. The molecule has 4 aromatic rings. The number of hydrogen-bond donors (Lipinski definition) is 0. The molecule has 0 aliphatic carbocycles. The second-order valence-electron chi connectivity index (χ2n) is 14.3. The molecule has 2 fully saturated rings. The lowest BCUT2D eigenvalue weighted by molar-refractivity contribution is -0.270. The molecule has 0 amide bonds. The summed E-state index contributed by atoms with van der Waals surface area (Å²) in [5, 5.41) is 1.73. The summed E-state index contributed by atoms with van der Waals surface area (Å²) in [5.74, 6) is 0.627. The Morgan fingerprint density at radius 2 is 1.53 bits per heavy atom. The van der Waals surface area contributed by atoms with Crippen LogP contribution in [0.1, 0.15) is 72.8 Å². The SMILES string of the molecule is C/C(=C\COc1coc2cc3c(cc12)C=C[C@@]1(O3)O[C@H](CC/C(C)=C/COc2ccc3ccc(=O)oc3c2)C(C)(C)O1)CCC1OC1(C)C. The van der Waals surface area contributed by atoms with Crippen LogP contribution in [-0.2, 0) is 14.2 Å². The quantitative estimate of drug-likeness (QED) is 0.0832. The zero-order valence-electron chi connectivity index (χ0n) is 29.0. The average molecular weight is 669 g/mol. The lowest BCUT2D eigenvalue weighted by Gasteiger charge is -2.30. The Bertz CT molecular complexity index is 2010. The highest BCUT2D eigenvalue weighted by molar-refractivity contribution is 5.88. The van der Waals surface area contributed by atoms with Gasteiger partial charge in [0, 0.05) is 35.2 Å². The summed E-state index contributed by atoms with van der Waals surface area (Å²) in [4.78, 5) is 11.6. The van der Waals surface area contributed by atoms with Gasteiger partial charge in [0.05, 0.1) is 28.8 Å². The lowest BCUT2D eigenvalue weighted by atomic mass is 9.96. The number of furan rings is 1. The standard InChI is InChI=1S/C40H44O9/c1-25(16-19-42-29-11-9-27-10-14-37(41)45-31(27)22-29)8-13-36-39(5,6)49-40(48-36)18-15-28-21-30-33(23-32(28)46-40)44-24-34(30)43-20-17-26(2)7-12-35-38(3,4)47-35/h9-11,14-18,21-24,35-36H,7-8,12-13,19-20H2,1-6H3/b25-16+,26-17+/t35?,36-,40-/m1/s1. The highest BCUT2D eigenvalue weighted by Gasteiger charge is 2.54. The molecule has 2 aromatic carbocycles. The van der Waals surface area contributed by atoms with Gasteiger partial charge in [-0.3, -0.25) is 0 Å². The van der Waals surface area contributed by atoms with Crippen molar-refractivity contribution in [2.24, 2.45) is 0 Å². The third-order valence-corrected chi connectivity index (χ3v) is 9.59. The minimum Gasteiger partial charge on any atom is -0.489 e. The van der Waals surface area contributed by atoms with E-state index in [1.807, 2.05) is 56.3 Å². The molecule has 9 heteroatoms. The van der Waals surface area contributed by atoms with Crippen LogP contribution in [0.15, 0.2) is 91.7 Å². The van der Waals surface area contributed by atoms with Gasteiger partial charge in [0.1, 0.15) is 42.1 Å². The normalized spacial score (nSPS) is 24.0. The minimum atomic E-state index is -1.32. The van der Waals surface area contributed by atoms with E-state index in [9.17, 15) is 4.79 Å².